The van der Waals surface area contributed by atoms with Gasteiger partial charge in [0.1, 0.15) is 15.7 Å². The van der Waals surface area contributed by atoms with E-state index in [1.54, 1.807) is 0 Å². The van der Waals surface area contributed by atoms with Gasteiger partial charge >= 0.3 is 11.4 Å². The Morgan fingerprint density at radius 2 is 1.64 bits per heavy atom. The molecule has 176 valence electrons. The van der Waals surface area contributed by atoms with Crippen molar-refractivity contribution >= 4 is 40.3 Å². The maximum absolute atomic E-state index is 10.9. The van der Waals surface area contributed by atoms with E-state index >= 15 is 0 Å². The van der Waals surface area contributed by atoms with Crippen molar-refractivity contribution in [1.82, 2.24) is 14.6 Å². The molecule has 33 heavy (non-hydrogen) atoms. The van der Waals surface area contributed by atoms with Crippen LogP contribution in [0.2, 0.25) is 10.0 Å². The number of allylic oxidation sites excluding steroid dienone is 1. The molecule has 4 rings (SSSR count). The summed E-state index contributed by atoms with van der Waals surface area (Å²) in [7, 11) is 1.93. The Labute approximate surface area is 209 Å². The van der Waals surface area contributed by atoms with E-state index in [-0.39, 0.29) is 0 Å². The molecule has 2 aliphatic rings. The molecule has 0 amide bonds. The van der Waals surface area contributed by atoms with Crippen LogP contribution >= 0.6 is 23.2 Å². The van der Waals surface area contributed by atoms with E-state index in [0.717, 1.165) is 34.7 Å². The monoisotopic (exact) mass is 505 g/mol. The number of rotatable bonds is 6. The molecule has 2 N–H and O–H groups in total. The SMILES string of the molecule is CC1=NN(C)CC(C)=C1N[S+](O)c1c(Cl)cc(-c2ccc(CN3CCCCC3)cc2)cc1Cl. The second-order valence-corrected chi connectivity index (χ2v) is 10.8. The number of benzene rings is 2. The summed E-state index contributed by atoms with van der Waals surface area (Å²) in [6.45, 7) is 8.00. The largest absolute Gasteiger partial charge is 0.306 e. The molecule has 1 saturated heterocycles. The molecule has 1 fully saturated rings. The molecule has 0 spiro atoms. The van der Waals surface area contributed by atoms with Crippen LogP contribution in [0.3, 0.4) is 0 Å². The quantitative estimate of drug-likeness (QED) is 0.459. The average molecular weight is 507 g/mol. The topological polar surface area (TPSA) is 51.1 Å². The van der Waals surface area contributed by atoms with Gasteiger partial charge in [0.05, 0.1) is 12.3 Å². The lowest BCUT2D eigenvalue weighted by molar-refractivity contribution is 0.221. The lowest BCUT2D eigenvalue weighted by atomic mass is 10.0. The fraction of sp³-hybridized carbons (Fsp3) is 0.400. The van der Waals surface area contributed by atoms with Crippen LogP contribution in [0.4, 0.5) is 0 Å². The Balaban J connectivity index is 1.50. The highest BCUT2D eigenvalue weighted by Gasteiger charge is 2.32. The van der Waals surface area contributed by atoms with Crippen LogP contribution in [0.25, 0.3) is 11.1 Å². The first-order valence-corrected chi connectivity index (χ1v) is 13.2. The molecule has 8 heteroatoms. The van der Waals surface area contributed by atoms with Crippen molar-refractivity contribution in [2.75, 3.05) is 26.7 Å². The van der Waals surface area contributed by atoms with E-state index in [0.29, 0.717) is 21.5 Å². The minimum Gasteiger partial charge on any atom is -0.299 e. The fourth-order valence-electron chi connectivity index (χ4n) is 4.47. The van der Waals surface area contributed by atoms with Crippen molar-refractivity contribution < 1.29 is 4.55 Å². The van der Waals surface area contributed by atoms with Gasteiger partial charge < -0.3 is 0 Å². The van der Waals surface area contributed by atoms with Crippen LogP contribution in [0.15, 0.2) is 57.7 Å². The normalized spacial score (nSPS) is 18.4. The highest BCUT2D eigenvalue weighted by atomic mass is 35.5. The van der Waals surface area contributed by atoms with Crippen LogP contribution in [-0.4, -0.2) is 46.9 Å². The van der Waals surface area contributed by atoms with Crippen LogP contribution < -0.4 is 4.72 Å². The van der Waals surface area contributed by atoms with Gasteiger partial charge in [0, 0.05) is 13.6 Å². The first-order valence-electron chi connectivity index (χ1n) is 11.3. The van der Waals surface area contributed by atoms with E-state index in [4.69, 9.17) is 23.2 Å². The van der Waals surface area contributed by atoms with Gasteiger partial charge in [-0.3, -0.25) is 9.91 Å². The van der Waals surface area contributed by atoms with E-state index in [1.807, 2.05) is 38.0 Å². The summed E-state index contributed by atoms with van der Waals surface area (Å²) in [6.07, 6.45) is 3.94. The van der Waals surface area contributed by atoms with Gasteiger partial charge in [-0.2, -0.15) is 14.4 Å². The second kappa shape index (κ2) is 10.7. The molecule has 0 aliphatic carbocycles. The Morgan fingerprint density at radius 1 is 1.00 bits per heavy atom. The van der Waals surface area contributed by atoms with Crippen molar-refractivity contribution in [2.45, 2.75) is 44.6 Å². The molecule has 2 heterocycles. The molecule has 2 aromatic rings. The molecule has 1 unspecified atom stereocenters. The van der Waals surface area contributed by atoms with Gasteiger partial charge in [-0.1, -0.05) is 53.9 Å². The van der Waals surface area contributed by atoms with Crippen molar-refractivity contribution in [2.24, 2.45) is 5.10 Å². The number of halogens is 2. The van der Waals surface area contributed by atoms with E-state index in [9.17, 15) is 4.55 Å². The minimum absolute atomic E-state index is 0.439. The third-order valence-electron chi connectivity index (χ3n) is 6.11. The summed E-state index contributed by atoms with van der Waals surface area (Å²) in [5.41, 5.74) is 6.05. The third kappa shape index (κ3) is 5.87. The zero-order valence-corrected chi connectivity index (χ0v) is 21.7. The van der Waals surface area contributed by atoms with Gasteiger partial charge in [0.25, 0.3) is 4.90 Å². The summed E-state index contributed by atoms with van der Waals surface area (Å²) in [5, 5.41) is 7.21. The lowest BCUT2D eigenvalue weighted by Crippen LogP contribution is -2.33. The van der Waals surface area contributed by atoms with Crippen LogP contribution in [0.1, 0.15) is 38.7 Å². The number of piperidine rings is 1. The fourth-order valence-corrected chi connectivity index (χ4v) is 6.50. The molecule has 2 aromatic carbocycles. The number of likely N-dealkylation sites (tertiary alicyclic amines) is 1. The number of hydrogen-bond acceptors (Lipinski definition) is 5. The van der Waals surface area contributed by atoms with Crippen molar-refractivity contribution in [3.05, 3.63) is 63.3 Å². The second-order valence-electron chi connectivity index (χ2n) is 8.85. The zero-order chi connectivity index (χ0) is 23.5. The van der Waals surface area contributed by atoms with Gasteiger partial charge in [-0.25, -0.2) is 0 Å². The molecule has 0 bridgehead atoms. The number of hydrogen-bond donors (Lipinski definition) is 2. The Morgan fingerprint density at radius 3 is 2.24 bits per heavy atom. The highest BCUT2D eigenvalue weighted by molar-refractivity contribution is 7.90. The molecule has 5 nitrogen and oxygen atoms in total. The molecule has 0 saturated carbocycles. The number of nitrogens with one attached hydrogen (secondary N) is 1. The first kappa shape index (κ1) is 24.4. The van der Waals surface area contributed by atoms with Gasteiger partial charge in [-0.05, 0) is 74.2 Å². The number of hydrazone groups is 1. The van der Waals surface area contributed by atoms with Crippen LogP contribution in [-0.2, 0) is 17.9 Å². The van der Waals surface area contributed by atoms with E-state index in [2.05, 4.69) is 39.0 Å². The van der Waals surface area contributed by atoms with Crippen molar-refractivity contribution in [3.63, 3.8) is 0 Å². The van der Waals surface area contributed by atoms with Crippen LogP contribution in [0, 0.1) is 0 Å². The Hall–Kier alpha value is -1.70. The van der Waals surface area contributed by atoms with Gasteiger partial charge in [0.15, 0.2) is 0 Å². The Kier molecular flexibility index (Phi) is 7.92. The number of nitrogens with zero attached hydrogens (tertiary/aromatic N) is 3. The highest BCUT2D eigenvalue weighted by Crippen LogP contribution is 2.35. The molecule has 0 radical (unpaired) electrons. The minimum atomic E-state index is -1.36. The predicted molar refractivity (Wildman–Crippen MR) is 141 cm³/mol. The number of likely N-dealkylation sites (N-methyl/N-ethyl adjacent to an activating group) is 1. The summed E-state index contributed by atoms with van der Waals surface area (Å²) >= 11 is 11.9. The molecule has 1 atom stereocenters. The maximum atomic E-state index is 10.9. The summed E-state index contributed by atoms with van der Waals surface area (Å²) in [6, 6.07) is 12.3. The summed E-state index contributed by atoms with van der Waals surface area (Å²) < 4.78 is 14.1. The van der Waals surface area contributed by atoms with Crippen molar-refractivity contribution in [3.8, 4) is 11.1 Å². The first-order chi connectivity index (χ1) is 15.8. The predicted octanol–water partition coefficient (Wildman–Crippen LogP) is 6.20. The third-order valence-corrected chi connectivity index (χ3v) is 8.15. The smallest absolute Gasteiger partial charge is 0.299 e. The Bertz CT molecular complexity index is 1040. The van der Waals surface area contributed by atoms with E-state index in [1.165, 1.54) is 37.9 Å². The van der Waals surface area contributed by atoms with Crippen LogP contribution in [0.5, 0.6) is 0 Å². The van der Waals surface area contributed by atoms with Crippen molar-refractivity contribution in [1.29, 1.82) is 0 Å². The maximum Gasteiger partial charge on any atom is 0.306 e. The zero-order valence-electron chi connectivity index (χ0n) is 19.4. The molecular weight excluding hydrogens is 475 g/mol. The van der Waals surface area contributed by atoms with Gasteiger partial charge in [-0.15, -0.1) is 0 Å². The average Bonchev–Trinajstić information content (AvgIpc) is 2.77. The summed E-state index contributed by atoms with van der Waals surface area (Å²) in [5.74, 6) is 0. The summed E-state index contributed by atoms with van der Waals surface area (Å²) in [4.78, 5) is 3.01. The molecule has 2 aliphatic heterocycles. The molecule has 0 aromatic heterocycles. The molecular formula is C25H31Cl2N4OS+. The standard InChI is InChI=1S/C25H31Cl2N4OS/c1-17-15-30(3)28-18(2)24(17)29-33(32)25-22(26)13-21(14-23(25)27)20-9-7-19(8-10-20)16-31-11-5-4-6-12-31/h7-10,13-14,29,32H,4-6,11-12,15-16H2,1-3H3/q+1. The van der Waals surface area contributed by atoms with Gasteiger partial charge in [0.2, 0.25) is 0 Å². The lowest BCUT2D eigenvalue weighted by Gasteiger charge is -2.26. The van der Waals surface area contributed by atoms with E-state index < -0.39 is 11.4 Å².